The van der Waals surface area contributed by atoms with Gasteiger partial charge >= 0.3 is 12.1 Å². The molecule has 0 radical (unpaired) electrons. The van der Waals surface area contributed by atoms with Crippen molar-refractivity contribution in [3.05, 3.63) is 23.8 Å². The fourth-order valence-corrected chi connectivity index (χ4v) is 4.31. The number of carbonyl (C=O) groups excluding carboxylic acids is 2. The standard InChI is InChI=1S/C18H26N4O4/c1-10-14-15(11-7-8-12(23)13(9-11)26-6)20(3)18(25)22(5)16(14)21(4)17(24)19(10)2/h7-10,14-16,23H,1-6H3/t10-,14-,15-,16-/m1/s1. The summed E-state index contributed by atoms with van der Waals surface area (Å²) in [5, 5.41) is 9.92. The highest BCUT2D eigenvalue weighted by molar-refractivity contribution is 5.80. The third kappa shape index (κ3) is 2.43. The summed E-state index contributed by atoms with van der Waals surface area (Å²) < 4.78 is 5.24. The summed E-state index contributed by atoms with van der Waals surface area (Å²) in [6.07, 6.45) is -0.345. The number of methoxy groups -OCH3 is 1. The van der Waals surface area contributed by atoms with Crippen LogP contribution in [-0.2, 0) is 0 Å². The zero-order chi connectivity index (χ0) is 19.3. The van der Waals surface area contributed by atoms with Crippen molar-refractivity contribution in [1.29, 1.82) is 0 Å². The fourth-order valence-electron chi connectivity index (χ4n) is 4.31. The Kier molecular flexibility index (Phi) is 4.37. The molecule has 8 heteroatoms. The highest BCUT2D eigenvalue weighted by Gasteiger charge is 2.54. The molecule has 0 unspecified atom stereocenters. The molecule has 2 saturated heterocycles. The van der Waals surface area contributed by atoms with Crippen molar-refractivity contribution in [2.75, 3.05) is 35.3 Å². The smallest absolute Gasteiger partial charge is 0.321 e. The minimum absolute atomic E-state index is 0.0374. The molecule has 3 rings (SSSR count). The number of fused-ring (bicyclic) bond motifs is 1. The van der Waals surface area contributed by atoms with Crippen LogP contribution < -0.4 is 4.74 Å². The number of nitrogens with zero attached hydrogens (tertiary/aromatic N) is 4. The quantitative estimate of drug-likeness (QED) is 0.870. The van der Waals surface area contributed by atoms with Crippen LogP contribution in [0.1, 0.15) is 18.5 Å². The van der Waals surface area contributed by atoms with Gasteiger partial charge < -0.3 is 29.4 Å². The van der Waals surface area contributed by atoms with Crippen molar-refractivity contribution in [1.82, 2.24) is 19.6 Å². The van der Waals surface area contributed by atoms with Crippen LogP contribution in [0.25, 0.3) is 0 Å². The number of benzene rings is 1. The molecule has 26 heavy (non-hydrogen) atoms. The minimum atomic E-state index is -0.345. The van der Waals surface area contributed by atoms with Gasteiger partial charge in [0.25, 0.3) is 0 Å². The molecule has 1 aromatic carbocycles. The van der Waals surface area contributed by atoms with Crippen LogP contribution in [0.3, 0.4) is 0 Å². The van der Waals surface area contributed by atoms with E-state index in [0.717, 1.165) is 5.56 Å². The summed E-state index contributed by atoms with van der Waals surface area (Å²) in [4.78, 5) is 32.1. The van der Waals surface area contributed by atoms with Gasteiger partial charge in [0.2, 0.25) is 0 Å². The van der Waals surface area contributed by atoms with Crippen molar-refractivity contribution >= 4 is 12.1 Å². The molecular weight excluding hydrogens is 336 g/mol. The van der Waals surface area contributed by atoms with Crippen LogP contribution in [0.2, 0.25) is 0 Å². The number of phenols is 1. The Bertz CT molecular complexity index is 736. The molecule has 2 aliphatic heterocycles. The average Bonchev–Trinajstić information content (AvgIpc) is 2.63. The second kappa shape index (κ2) is 6.26. The molecule has 142 valence electrons. The van der Waals surface area contributed by atoms with Crippen LogP contribution in [0.15, 0.2) is 18.2 Å². The number of aromatic hydroxyl groups is 1. The van der Waals surface area contributed by atoms with Gasteiger partial charge in [-0.1, -0.05) is 6.07 Å². The third-order valence-electron chi connectivity index (χ3n) is 5.84. The van der Waals surface area contributed by atoms with Gasteiger partial charge in [-0.15, -0.1) is 0 Å². The largest absolute Gasteiger partial charge is 0.504 e. The molecule has 2 aliphatic rings. The lowest BCUT2D eigenvalue weighted by molar-refractivity contribution is -0.0652. The molecule has 0 saturated carbocycles. The Morgan fingerprint density at radius 3 is 2.12 bits per heavy atom. The van der Waals surface area contributed by atoms with Crippen LogP contribution in [0, 0.1) is 5.92 Å². The Morgan fingerprint density at radius 1 is 0.962 bits per heavy atom. The number of urea groups is 2. The summed E-state index contributed by atoms with van der Waals surface area (Å²) in [6.45, 7) is 2.00. The summed E-state index contributed by atoms with van der Waals surface area (Å²) in [7, 11) is 8.50. The fraction of sp³-hybridized carbons (Fsp3) is 0.556. The van der Waals surface area contributed by atoms with Gasteiger partial charge in [0.05, 0.1) is 13.2 Å². The number of phenolic OH excluding ortho intramolecular Hbond substituents is 1. The van der Waals surface area contributed by atoms with Crippen molar-refractivity contribution in [2.24, 2.45) is 5.92 Å². The highest BCUT2D eigenvalue weighted by Crippen LogP contribution is 2.44. The predicted octanol–water partition coefficient (Wildman–Crippen LogP) is 1.77. The van der Waals surface area contributed by atoms with Gasteiger partial charge in [-0.25, -0.2) is 9.59 Å². The molecule has 1 aromatic rings. The summed E-state index contributed by atoms with van der Waals surface area (Å²) >= 11 is 0. The number of amides is 4. The van der Waals surface area contributed by atoms with E-state index in [4.69, 9.17) is 4.74 Å². The number of rotatable bonds is 2. The lowest BCUT2D eigenvalue weighted by atomic mass is 9.80. The normalized spacial score (nSPS) is 29.2. The van der Waals surface area contributed by atoms with E-state index in [-0.39, 0.29) is 42.0 Å². The first-order valence-corrected chi connectivity index (χ1v) is 8.56. The lowest BCUT2D eigenvalue weighted by Crippen LogP contribution is -2.71. The van der Waals surface area contributed by atoms with E-state index in [2.05, 4.69) is 0 Å². The van der Waals surface area contributed by atoms with Crippen LogP contribution in [0.5, 0.6) is 11.5 Å². The van der Waals surface area contributed by atoms with Crippen LogP contribution >= 0.6 is 0 Å². The Labute approximate surface area is 153 Å². The van der Waals surface area contributed by atoms with Crippen molar-refractivity contribution < 1.29 is 19.4 Å². The Hall–Kier alpha value is -2.64. The topological polar surface area (TPSA) is 76.6 Å². The zero-order valence-electron chi connectivity index (χ0n) is 16.0. The molecule has 1 N–H and O–H groups in total. The van der Waals surface area contributed by atoms with Crippen LogP contribution in [-0.4, -0.2) is 84.3 Å². The maximum atomic E-state index is 12.8. The molecule has 2 fully saturated rings. The molecule has 8 nitrogen and oxygen atoms in total. The molecule has 0 aliphatic carbocycles. The van der Waals surface area contributed by atoms with Crippen molar-refractivity contribution in [3.63, 3.8) is 0 Å². The molecular formula is C18H26N4O4. The molecule has 4 atom stereocenters. The van der Waals surface area contributed by atoms with E-state index in [9.17, 15) is 14.7 Å². The summed E-state index contributed by atoms with van der Waals surface area (Å²) in [5.74, 6) is 0.375. The van der Waals surface area contributed by atoms with Gasteiger partial charge in [0.1, 0.15) is 6.17 Å². The van der Waals surface area contributed by atoms with Gasteiger partial charge in [-0.3, -0.25) is 0 Å². The molecule has 2 heterocycles. The maximum absolute atomic E-state index is 12.8. The molecule has 0 bridgehead atoms. The highest BCUT2D eigenvalue weighted by atomic mass is 16.5. The van der Waals surface area contributed by atoms with Gasteiger partial charge in [-0.2, -0.15) is 0 Å². The van der Waals surface area contributed by atoms with E-state index in [1.165, 1.54) is 7.11 Å². The number of ether oxygens (including phenoxy) is 1. The lowest BCUT2D eigenvalue weighted by Gasteiger charge is -2.57. The van der Waals surface area contributed by atoms with E-state index in [0.29, 0.717) is 5.75 Å². The Morgan fingerprint density at radius 2 is 1.54 bits per heavy atom. The van der Waals surface area contributed by atoms with Gasteiger partial charge in [-0.05, 0) is 24.6 Å². The van der Waals surface area contributed by atoms with Crippen LogP contribution in [0.4, 0.5) is 9.59 Å². The first kappa shape index (κ1) is 18.2. The number of hydrogen-bond donors (Lipinski definition) is 1. The van der Waals surface area contributed by atoms with E-state index in [1.807, 2.05) is 6.92 Å². The maximum Gasteiger partial charge on any atom is 0.321 e. The van der Waals surface area contributed by atoms with Crippen molar-refractivity contribution in [2.45, 2.75) is 25.2 Å². The Balaban J connectivity index is 2.13. The molecule has 0 spiro atoms. The SMILES string of the molecule is COc1cc([C@@H]2[C@@H]3[C@H](N(C)C(=O)N(C)[C@@H]3C)N(C)C(=O)N2C)ccc1O. The van der Waals surface area contributed by atoms with E-state index in [1.54, 1.807) is 66.0 Å². The van der Waals surface area contributed by atoms with E-state index >= 15 is 0 Å². The third-order valence-corrected chi connectivity index (χ3v) is 5.84. The van der Waals surface area contributed by atoms with Gasteiger partial charge in [0.15, 0.2) is 11.5 Å². The molecule has 4 amide bonds. The van der Waals surface area contributed by atoms with Gasteiger partial charge in [0, 0.05) is 40.2 Å². The average molecular weight is 362 g/mol. The predicted molar refractivity (Wildman–Crippen MR) is 96.0 cm³/mol. The monoisotopic (exact) mass is 362 g/mol. The first-order chi connectivity index (χ1) is 12.2. The number of carbonyl (C=O) groups is 2. The summed E-state index contributed by atoms with van der Waals surface area (Å²) in [5.41, 5.74) is 0.863. The number of hydrogen-bond acceptors (Lipinski definition) is 4. The van der Waals surface area contributed by atoms with E-state index < -0.39 is 0 Å². The second-order valence-corrected chi connectivity index (χ2v) is 7.12. The second-order valence-electron chi connectivity index (χ2n) is 7.12. The zero-order valence-corrected chi connectivity index (χ0v) is 16.0. The minimum Gasteiger partial charge on any atom is -0.504 e. The molecule has 0 aromatic heterocycles. The summed E-state index contributed by atoms with van der Waals surface area (Å²) in [6, 6.07) is 4.54. The first-order valence-electron chi connectivity index (χ1n) is 8.56. The van der Waals surface area contributed by atoms with Crippen molar-refractivity contribution in [3.8, 4) is 11.5 Å².